The van der Waals surface area contributed by atoms with Gasteiger partial charge >= 0.3 is 5.97 Å². The second-order valence-electron chi connectivity index (χ2n) is 5.43. The van der Waals surface area contributed by atoms with Crippen LogP contribution in [-0.2, 0) is 9.53 Å². The van der Waals surface area contributed by atoms with Gasteiger partial charge in [0, 0.05) is 18.9 Å². The molecule has 1 saturated carbocycles. The van der Waals surface area contributed by atoms with Crippen LogP contribution in [0.2, 0.25) is 0 Å². The quantitative estimate of drug-likeness (QED) is 0.434. The van der Waals surface area contributed by atoms with Crippen molar-refractivity contribution < 1.29 is 14.6 Å². The lowest BCUT2D eigenvalue weighted by molar-refractivity contribution is -0.234. The lowest BCUT2D eigenvalue weighted by atomic mass is 9.70. The smallest absolute Gasteiger partial charge is 0.332 e. The highest BCUT2D eigenvalue weighted by Crippen LogP contribution is 2.44. The summed E-state index contributed by atoms with van der Waals surface area (Å²) in [6.07, 6.45) is 3.13. The van der Waals surface area contributed by atoms with Crippen molar-refractivity contribution in [2.45, 2.75) is 45.8 Å². The molecule has 0 amide bonds. The molecular formula is C12H20O3. The van der Waals surface area contributed by atoms with Crippen molar-refractivity contribution in [3.63, 3.8) is 0 Å². The van der Waals surface area contributed by atoms with Crippen molar-refractivity contribution in [3.05, 3.63) is 12.7 Å². The predicted octanol–water partition coefficient (Wildman–Crippen LogP) is 2.25. The minimum absolute atomic E-state index is 0.00780. The summed E-state index contributed by atoms with van der Waals surface area (Å²) in [5.74, 6) is -1.51. The van der Waals surface area contributed by atoms with E-state index in [1.807, 2.05) is 0 Å². The molecule has 0 heterocycles. The SMILES string of the molecule is C=CC(=O)OC1(O)CC(C)CC(C)(C)C1. The van der Waals surface area contributed by atoms with Crippen LogP contribution in [0.25, 0.3) is 0 Å². The van der Waals surface area contributed by atoms with Gasteiger partial charge in [-0.3, -0.25) is 0 Å². The zero-order valence-corrected chi connectivity index (χ0v) is 9.75. The molecule has 0 bridgehead atoms. The van der Waals surface area contributed by atoms with Crippen LogP contribution in [0.15, 0.2) is 12.7 Å². The maximum atomic E-state index is 11.1. The Labute approximate surface area is 91.1 Å². The van der Waals surface area contributed by atoms with Crippen LogP contribution < -0.4 is 0 Å². The highest BCUT2D eigenvalue weighted by molar-refractivity contribution is 5.81. The normalized spacial score (nSPS) is 34.5. The van der Waals surface area contributed by atoms with Crippen LogP contribution >= 0.6 is 0 Å². The maximum absolute atomic E-state index is 11.1. The van der Waals surface area contributed by atoms with Gasteiger partial charge in [0.25, 0.3) is 0 Å². The van der Waals surface area contributed by atoms with Crippen molar-refractivity contribution in [2.24, 2.45) is 11.3 Å². The molecule has 2 unspecified atom stereocenters. The Morgan fingerprint density at radius 1 is 1.53 bits per heavy atom. The molecular weight excluding hydrogens is 192 g/mol. The number of carbonyl (C=O) groups is 1. The monoisotopic (exact) mass is 212 g/mol. The standard InChI is InChI=1S/C12H20O3/c1-5-10(13)15-12(14)7-9(2)6-11(3,4)8-12/h5,9,14H,1,6-8H2,2-4H3. The average Bonchev–Trinajstić information content (AvgIpc) is 1.97. The van der Waals surface area contributed by atoms with Crippen LogP contribution in [0, 0.1) is 11.3 Å². The van der Waals surface area contributed by atoms with Crippen molar-refractivity contribution in [1.82, 2.24) is 0 Å². The Kier molecular flexibility index (Phi) is 3.24. The first-order valence-corrected chi connectivity index (χ1v) is 5.34. The van der Waals surface area contributed by atoms with Crippen molar-refractivity contribution in [3.8, 4) is 0 Å². The summed E-state index contributed by atoms with van der Waals surface area (Å²) < 4.78 is 5.03. The molecule has 1 rings (SSSR count). The van der Waals surface area contributed by atoms with Gasteiger partial charge < -0.3 is 9.84 Å². The molecule has 86 valence electrons. The van der Waals surface area contributed by atoms with Crippen LogP contribution in [0.3, 0.4) is 0 Å². The maximum Gasteiger partial charge on any atom is 0.332 e. The molecule has 0 aliphatic heterocycles. The van der Waals surface area contributed by atoms with Gasteiger partial charge in [0.1, 0.15) is 0 Å². The Hall–Kier alpha value is -0.830. The fourth-order valence-electron chi connectivity index (χ4n) is 2.76. The first-order chi connectivity index (χ1) is 6.76. The van der Waals surface area contributed by atoms with Gasteiger partial charge in [0.15, 0.2) is 0 Å². The van der Waals surface area contributed by atoms with Gasteiger partial charge in [-0.2, -0.15) is 0 Å². The predicted molar refractivity (Wildman–Crippen MR) is 58.0 cm³/mol. The summed E-state index contributed by atoms with van der Waals surface area (Å²) in [4.78, 5) is 11.1. The fourth-order valence-corrected chi connectivity index (χ4v) is 2.76. The summed E-state index contributed by atoms with van der Waals surface area (Å²) in [5.41, 5.74) is 0.00780. The summed E-state index contributed by atoms with van der Waals surface area (Å²) >= 11 is 0. The first-order valence-electron chi connectivity index (χ1n) is 5.34. The second-order valence-corrected chi connectivity index (χ2v) is 5.43. The van der Waals surface area contributed by atoms with Crippen LogP contribution in [0.4, 0.5) is 0 Å². The first kappa shape index (κ1) is 12.2. The number of ether oxygens (including phenoxy) is 1. The molecule has 0 aromatic carbocycles. The molecule has 1 aliphatic rings. The van der Waals surface area contributed by atoms with Gasteiger partial charge in [-0.05, 0) is 17.8 Å². The average molecular weight is 212 g/mol. The Morgan fingerprint density at radius 2 is 2.13 bits per heavy atom. The summed E-state index contributed by atoms with van der Waals surface area (Å²) in [6.45, 7) is 9.55. The molecule has 0 saturated heterocycles. The van der Waals surface area contributed by atoms with E-state index in [0.29, 0.717) is 18.8 Å². The number of hydrogen-bond acceptors (Lipinski definition) is 3. The minimum atomic E-state index is -1.31. The van der Waals surface area contributed by atoms with Gasteiger partial charge in [0.05, 0.1) is 0 Å². The van der Waals surface area contributed by atoms with Crippen LogP contribution in [0.1, 0.15) is 40.0 Å². The molecule has 0 spiro atoms. The van der Waals surface area contributed by atoms with Gasteiger partial charge in [-0.25, -0.2) is 4.79 Å². The highest BCUT2D eigenvalue weighted by Gasteiger charge is 2.44. The zero-order valence-electron chi connectivity index (χ0n) is 9.75. The second kappa shape index (κ2) is 3.97. The lowest BCUT2D eigenvalue weighted by Crippen LogP contribution is -2.45. The van der Waals surface area contributed by atoms with E-state index in [4.69, 9.17) is 4.74 Å². The van der Waals surface area contributed by atoms with E-state index in [9.17, 15) is 9.90 Å². The molecule has 15 heavy (non-hydrogen) atoms. The van der Waals surface area contributed by atoms with E-state index in [-0.39, 0.29) is 5.41 Å². The van der Waals surface area contributed by atoms with Crippen molar-refractivity contribution in [1.29, 1.82) is 0 Å². The summed E-state index contributed by atoms with van der Waals surface area (Å²) in [6, 6.07) is 0. The molecule has 1 N–H and O–H groups in total. The number of esters is 1. The van der Waals surface area contributed by atoms with Gasteiger partial charge in [-0.1, -0.05) is 27.4 Å². The number of hydrogen-bond donors (Lipinski definition) is 1. The van der Waals surface area contributed by atoms with Crippen molar-refractivity contribution >= 4 is 5.97 Å². The minimum Gasteiger partial charge on any atom is -0.430 e. The molecule has 3 heteroatoms. The summed E-state index contributed by atoms with van der Waals surface area (Å²) in [5, 5.41) is 10.2. The third kappa shape index (κ3) is 3.34. The summed E-state index contributed by atoms with van der Waals surface area (Å²) in [7, 11) is 0. The number of rotatable bonds is 2. The Morgan fingerprint density at radius 3 is 2.60 bits per heavy atom. The molecule has 0 aromatic heterocycles. The highest BCUT2D eigenvalue weighted by atomic mass is 16.7. The third-order valence-electron chi connectivity index (χ3n) is 2.78. The number of carbonyl (C=O) groups excluding carboxylic acids is 1. The van der Waals surface area contributed by atoms with E-state index in [0.717, 1.165) is 12.5 Å². The van der Waals surface area contributed by atoms with Crippen LogP contribution in [-0.4, -0.2) is 16.9 Å². The largest absolute Gasteiger partial charge is 0.430 e. The lowest BCUT2D eigenvalue weighted by Gasteiger charge is -2.43. The fraction of sp³-hybridized carbons (Fsp3) is 0.750. The molecule has 1 aliphatic carbocycles. The number of aliphatic hydroxyl groups is 1. The van der Waals surface area contributed by atoms with Gasteiger partial charge in [-0.15, -0.1) is 0 Å². The van der Waals surface area contributed by atoms with Crippen LogP contribution in [0.5, 0.6) is 0 Å². The Balaban J connectivity index is 2.74. The molecule has 2 atom stereocenters. The molecule has 1 fully saturated rings. The third-order valence-corrected chi connectivity index (χ3v) is 2.78. The molecule has 0 radical (unpaired) electrons. The van der Waals surface area contributed by atoms with E-state index in [1.165, 1.54) is 0 Å². The zero-order chi connectivity index (χ0) is 11.7. The van der Waals surface area contributed by atoms with Gasteiger partial charge in [0.2, 0.25) is 5.79 Å². The van der Waals surface area contributed by atoms with E-state index in [1.54, 1.807) is 0 Å². The van der Waals surface area contributed by atoms with Crippen molar-refractivity contribution in [2.75, 3.05) is 0 Å². The molecule has 3 nitrogen and oxygen atoms in total. The molecule has 0 aromatic rings. The van der Waals surface area contributed by atoms with E-state index >= 15 is 0 Å². The van der Waals surface area contributed by atoms with E-state index in [2.05, 4.69) is 27.4 Å². The Bertz CT molecular complexity index is 270. The topological polar surface area (TPSA) is 46.5 Å². The van der Waals surface area contributed by atoms with E-state index < -0.39 is 11.8 Å².